The van der Waals surface area contributed by atoms with Crippen LogP contribution in [0, 0.1) is 6.92 Å². The second-order valence-electron chi connectivity index (χ2n) is 4.92. The zero-order valence-electron chi connectivity index (χ0n) is 11.4. The van der Waals surface area contributed by atoms with Gasteiger partial charge in [-0.2, -0.15) is 13.2 Å². The molecular weight excluding hydrogens is 253 g/mol. The van der Waals surface area contributed by atoms with Gasteiger partial charge in [-0.3, -0.25) is 0 Å². The molecule has 2 N–H and O–H groups in total. The van der Waals surface area contributed by atoms with E-state index < -0.39 is 12.6 Å². The van der Waals surface area contributed by atoms with Crippen LogP contribution in [0.2, 0.25) is 0 Å². The first kappa shape index (κ1) is 16.0. The maximum atomic E-state index is 12.1. The molecule has 0 saturated heterocycles. The van der Waals surface area contributed by atoms with Crippen LogP contribution in [-0.2, 0) is 0 Å². The molecule has 1 atom stereocenters. The Morgan fingerprint density at radius 2 is 1.84 bits per heavy atom. The highest BCUT2D eigenvalue weighted by Gasteiger charge is 2.27. The minimum absolute atomic E-state index is 0.0178. The number of halogens is 3. The van der Waals surface area contributed by atoms with E-state index in [4.69, 9.17) is 5.73 Å². The van der Waals surface area contributed by atoms with Gasteiger partial charge in [0, 0.05) is 12.6 Å². The Kier molecular flexibility index (Phi) is 5.82. The van der Waals surface area contributed by atoms with Gasteiger partial charge in [-0.05, 0) is 38.1 Å². The Morgan fingerprint density at radius 3 is 2.42 bits per heavy atom. The van der Waals surface area contributed by atoms with Gasteiger partial charge in [-0.15, -0.1) is 0 Å². The van der Waals surface area contributed by atoms with Gasteiger partial charge >= 0.3 is 6.18 Å². The van der Waals surface area contributed by atoms with Crippen LogP contribution in [0.15, 0.2) is 24.3 Å². The van der Waals surface area contributed by atoms with Crippen molar-refractivity contribution in [2.75, 3.05) is 20.1 Å². The molecule has 0 heterocycles. The average Bonchev–Trinajstić information content (AvgIpc) is 2.33. The van der Waals surface area contributed by atoms with Gasteiger partial charge in [0.25, 0.3) is 0 Å². The van der Waals surface area contributed by atoms with Crippen molar-refractivity contribution in [2.45, 2.75) is 32.0 Å². The van der Waals surface area contributed by atoms with Crippen LogP contribution in [0.4, 0.5) is 13.2 Å². The number of rotatable bonds is 6. The summed E-state index contributed by atoms with van der Waals surface area (Å²) in [5, 5.41) is 0. The van der Waals surface area contributed by atoms with Gasteiger partial charge in [0.1, 0.15) is 0 Å². The molecule has 0 spiro atoms. The Bertz CT molecular complexity index is 391. The molecule has 0 fully saturated rings. The molecule has 0 aliphatic heterocycles. The molecule has 2 nitrogen and oxygen atoms in total. The summed E-state index contributed by atoms with van der Waals surface area (Å²) < 4.78 is 36.2. The summed E-state index contributed by atoms with van der Waals surface area (Å²) in [4.78, 5) is 1.67. The summed E-state index contributed by atoms with van der Waals surface area (Å²) in [5.74, 6) is 0. The summed E-state index contributed by atoms with van der Waals surface area (Å²) in [6.45, 7) is 2.57. The minimum Gasteiger partial charge on any atom is -0.324 e. The van der Waals surface area contributed by atoms with E-state index in [1.165, 1.54) is 0 Å². The molecule has 0 aromatic heterocycles. The van der Waals surface area contributed by atoms with Gasteiger partial charge in [-0.25, -0.2) is 0 Å². The highest BCUT2D eigenvalue weighted by Crippen LogP contribution is 2.21. The van der Waals surface area contributed by atoms with Crippen molar-refractivity contribution in [3.05, 3.63) is 35.4 Å². The van der Waals surface area contributed by atoms with Crippen molar-refractivity contribution in [3.63, 3.8) is 0 Å². The molecule has 0 amide bonds. The zero-order chi connectivity index (χ0) is 14.5. The van der Waals surface area contributed by atoms with Gasteiger partial charge in [0.05, 0.1) is 6.42 Å². The number of benzene rings is 1. The average molecular weight is 274 g/mol. The summed E-state index contributed by atoms with van der Waals surface area (Å²) in [5.41, 5.74) is 8.26. The summed E-state index contributed by atoms with van der Waals surface area (Å²) in [7, 11) is 1.69. The molecule has 1 unspecified atom stereocenters. The van der Waals surface area contributed by atoms with Crippen LogP contribution in [-0.4, -0.2) is 31.2 Å². The fraction of sp³-hybridized carbons (Fsp3) is 0.571. The molecule has 0 saturated carbocycles. The van der Waals surface area contributed by atoms with Crippen LogP contribution in [0.3, 0.4) is 0 Å². The first-order valence-electron chi connectivity index (χ1n) is 6.36. The fourth-order valence-electron chi connectivity index (χ4n) is 1.95. The van der Waals surface area contributed by atoms with Crippen molar-refractivity contribution in [3.8, 4) is 0 Å². The molecule has 1 rings (SSSR count). The number of hydrogen-bond acceptors (Lipinski definition) is 2. The molecule has 0 bridgehead atoms. The number of aryl methyl sites for hydroxylation is 1. The summed E-state index contributed by atoms with van der Waals surface area (Å²) in [6.07, 6.45) is -4.21. The van der Waals surface area contributed by atoms with E-state index in [2.05, 4.69) is 0 Å². The highest BCUT2D eigenvalue weighted by atomic mass is 19.4. The van der Waals surface area contributed by atoms with Gasteiger partial charge in [-0.1, -0.05) is 24.3 Å². The molecule has 0 aliphatic carbocycles. The minimum atomic E-state index is -4.09. The third kappa shape index (κ3) is 6.07. The Hall–Kier alpha value is -1.07. The van der Waals surface area contributed by atoms with Crippen LogP contribution in [0.1, 0.15) is 30.0 Å². The second-order valence-corrected chi connectivity index (χ2v) is 4.92. The summed E-state index contributed by atoms with van der Waals surface area (Å²) >= 11 is 0. The number of alkyl halides is 3. The van der Waals surface area contributed by atoms with Gasteiger partial charge in [0.15, 0.2) is 0 Å². The molecule has 108 valence electrons. The largest absolute Gasteiger partial charge is 0.390 e. The summed E-state index contributed by atoms with van der Waals surface area (Å²) in [6, 6.07) is 7.70. The highest BCUT2D eigenvalue weighted by molar-refractivity contribution is 5.28. The van der Waals surface area contributed by atoms with Crippen molar-refractivity contribution in [1.29, 1.82) is 0 Å². The molecule has 0 radical (unpaired) electrons. The third-order valence-corrected chi connectivity index (χ3v) is 3.19. The van der Waals surface area contributed by atoms with E-state index >= 15 is 0 Å². The third-order valence-electron chi connectivity index (χ3n) is 3.19. The first-order chi connectivity index (χ1) is 8.79. The van der Waals surface area contributed by atoms with Crippen molar-refractivity contribution in [2.24, 2.45) is 5.73 Å². The lowest BCUT2D eigenvalue weighted by molar-refractivity contribution is -0.137. The van der Waals surface area contributed by atoms with Crippen molar-refractivity contribution >= 4 is 0 Å². The fourth-order valence-corrected chi connectivity index (χ4v) is 1.95. The monoisotopic (exact) mass is 274 g/mol. The first-order valence-corrected chi connectivity index (χ1v) is 6.36. The van der Waals surface area contributed by atoms with Crippen LogP contribution >= 0.6 is 0 Å². The number of nitrogens with zero attached hydrogens (tertiary/aromatic N) is 1. The standard InChI is InChI=1S/C14H21F3N2/c1-11-5-3-4-6-12(11)13(18)7-9-19(2)10-8-14(15,16)17/h3-6,13H,7-10,18H2,1-2H3. The molecule has 1 aromatic rings. The van der Waals surface area contributed by atoms with Crippen molar-refractivity contribution < 1.29 is 13.2 Å². The molecular formula is C14H21F3N2. The van der Waals surface area contributed by atoms with Crippen LogP contribution in [0.25, 0.3) is 0 Å². The van der Waals surface area contributed by atoms with Crippen LogP contribution < -0.4 is 5.73 Å². The van der Waals surface area contributed by atoms with Gasteiger partial charge < -0.3 is 10.6 Å². The number of nitrogens with two attached hydrogens (primary N) is 1. The second kappa shape index (κ2) is 6.91. The van der Waals surface area contributed by atoms with E-state index in [1.807, 2.05) is 31.2 Å². The van der Waals surface area contributed by atoms with E-state index in [0.717, 1.165) is 11.1 Å². The SMILES string of the molecule is Cc1ccccc1C(N)CCN(C)CCC(F)(F)F. The van der Waals surface area contributed by atoms with Gasteiger partial charge in [0.2, 0.25) is 0 Å². The topological polar surface area (TPSA) is 29.3 Å². The number of hydrogen-bond donors (Lipinski definition) is 1. The Balaban J connectivity index is 2.38. The van der Waals surface area contributed by atoms with E-state index in [1.54, 1.807) is 11.9 Å². The van der Waals surface area contributed by atoms with Crippen molar-refractivity contribution in [1.82, 2.24) is 4.90 Å². The Morgan fingerprint density at radius 1 is 1.21 bits per heavy atom. The maximum Gasteiger partial charge on any atom is 0.390 e. The predicted octanol–water partition coefficient (Wildman–Crippen LogP) is 3.27. The molecule has 0 aliphatic rings. The van der Waals surface area contributed by atoms with Crippen LogP contribution in [0.5, 0.6) is 0 Å². The molecule has 5 heteroatoms. The smallest absolute Gasteiger partial charge is 0.324 e. The maximum absolute atomic E-state index is 12.1. The lowest BCUT2D eigenvalue weighted by Gasteiger charge is -2.21. The molecule has 19 heavy (non-hydrogen) atoms. The van der Waals surface area contributed by atoms with E-state index in [-0.39, 0.29) is 12.6 Å². The normalized spacial score (nSPS) is 13.8. The zero-order valence-corrected chi connectivity index (χ0v) is 11.4. The van der Waals surface area contributed by atoms with E-state index in [9.17, 15) is 13.2 Å². The predicted molar refractivity (Wildman–Crippen MR) is 70.9 cm³/mol. The lowest BCUT2D eigenvalue weighted by Crippen LogP contribution is -2.27. The van der Waals surface area contributed by atoms with E-state index in [0.29, 0.717) is 13.0 Å². The Labute approximate surface area is 112 Å². The molecule has 1 aromatic carbocycles. The quantitative estimate of drug-likeness (QED) is 0.862. The lowest BCUT2D eigenvalue weighted by atomic mass is 9.99.